The molecule has 0 amide bonds. The lowest BCUT2D eigenvalue weighted by Crippen LogP contribution is -2.29. The maximum Gasteiger partial charge on any atom is 0.166 e. The van der Waals surface area contributed by atoms with Crippen LogP contribution in [0.5, 0.6) is 23.0 Å². The molecule has 18 heteroatoms. The monoisotopic (exact) mass is 980 g/mol. The summed E-state index contributed by atoms with van der Waals surface area (Å²) in [5.74, 6) is 2.62. The minimum Gasteiger partial charge on any atom is -0.492 e. The van der Waals surface area contributed by atoms with Gasteiger partial charge in [0.05, 0.1) is 47.2 Å². The summed E-state index contributed by atoms with van der Waals surface area (Å²) < 4.78 is 27.8. The van der Waals surface area contributed by atoms with Crippen molar-refractivity contribution in [1.29, 1.82) is 0 Å². The first-order valence-electron chi connectivity index (χ1n) is 21.9. The minimum absolute atomic E-state index is 0. The van der Waals surface area contributed by atoms with Gasteiger partial charge in [-0.1, -0.05) is 53.8 Å². The van der Waals surface area contributed by atoms with Crippen molar-refractivity contribution in [2.24, 2.45) is 0 Å². The number of nitrogens with one attached hydrogen (secondary N) is 2. The summed E-state index contributed by atoms with van der Waals surface area (Å²) in [5, 5.41) is 17.7. The molecule has 14 nitrogen and oxygen atoms in total. The van der Waals surface area contributed by atoms with Gasteiger partial charge in [0.2, 0.25) is 0 Å². The molecule has 4 aromatic heterocycles. The maximum absolute atomic E-state index is 6.61. The van der Waals surface area contributed by atoms with Crippen LogP contribution in [-0.2, 0) is 0 Å². The number of hydrogen-bond acceptors (Lipinski definition) is 12. The zero-order valence-electron chi connectivity index (χ0n) is 37.2. The van der Waals surface area contributed by atoms with E-state index >= 15 is 0 Å². The second-order valence-corrected chi connectivity index (χ2v) is 17.8. The Bertz CT molecular complexity index is 2540. The second kappa shape index (κ2) is 23.2. The summed E-state index contributed by atoms with van der Waals surface area (Å²) in [7, 11) is 0. The Morgan fingerprint density at radius 2 is 1.03 bits per heavy atom. The number of hydrogen-bond donors (Lipinski definition) is 4. The molecule has 0 radical (unpaired) electrons. The van der Waals surface area contributed by atoms with E-state index in [0.29, 0.717) is 78.7 Å². The number of benzene rings is 2. The van der Waals surface area contributed by atoms with E-state index in [1.807, 2.05) is 68.5 Å². The van der Waals surface area contributed by atoms with E-state index in [4.69, 9.17) is 76.8 Å². The average Bonchev–Trinajstić information content (AvgIpc) is 4.00. The molecular weight excluding hydrogens is 922 g/mol. The maximum atomic E-state index is 6.61. The molecule has 2 aliphatic heterocycles. The zero-order chi connectivity index (χ0) is 46.2. The van der Waals surface area contributed by atoms with Gasteiger partial charge in [-0.05, 0) is 123 Å². The Labute approximate surface area is 407 Å². The Morgan fingerprint density at radius 3 is 1.45 bits per heavy atom. The van der Waals surface area contributed by atoms with Crippen LogP contribution in [0.2, 0.25) is 20.1 Å². The summed E-state index contributed by atoms with van der Waals surface area (Å²) in [6, 6.07) is 11.6. The lowest BCUT2D eigenvalue weighted by molar-refractivity contribution is 0.223. The first-order valence-corrected chi connectivity index (χ1v) is 23.4. The fourth-order valence-corrected chi connectivity index (χ4v) is 9.34. The third kappa shape index (κ3) is 12.1. The minimum atomic E-state index is -0.475. The van der Waals surface area contributed by atoms with Crippen LogP contribution in [0.3, 0.4) is 0 Å². The first-order chi connectivity index (χ1) is 31.3. The molecule has 2 atom stereocenters. The number of nitrogens with two attached hydrogens (primary N) is 2. The Hall–Kier alpha value is -4.96. The molecule has 0 aliphatic carbocycles. The van der Waals surface area contributed by atoms with Crippen LogP contribution >= 0.6 is 46.4 Å². The van der Waals surface area contributed by atoms with Gasteiger partial charge < -0.3 is 41.0 Å². The zero-order valence-corrected chi connectivity index (χ0v) is 40.2. The van der Waals surface area contributed by atoms with Crippen molar-refractivity contribution in [2.45, 2.75) is 98.1 Å². The average molecular weight is 983 g/mol. The molecule has 66 heavy (non-hydrogen) atoms. The smallest absolute Gasteiger partial charge is 0.166 e. The van der Waals surface area contributed by atoms with Gasteiger partial charge in [-0.3, -0.25) is 9.36 Å². The van der Waals surface area contributed by atoms with Gasteiger partial charge in [-0.25, -0.2) is 9.97 Å². The number of nitrogen functional groups attached to an aromatic ring is 2. The highest BCUT2D eigenvalue weighted by Crippen LogP contribution is 2.42. The lowest BCUT2D eigenvalue weighted by Gasteiger charge is -2.22. The fraction of sp³-hybridized carbons (Fsp3) is 0.417. The topological polar surface area (TPSA) is 174 Å². The van der Waals surface area contributed by atoms with Gasteiger partial charge in [-0.15, -0.1) is 0 Å². The van der Waals surface area contributed by atoms with E-state index in [2.05, 4.69) is 43.2 Å². The number of pyridine rings is 2. The summed E-state index contributed by atoms with van der Waals surface area (Å²) in [6.07, 6.45) is 14.6. The summed E-state index contributed by atoms with van der Waals surface area (Å²) in [4.78, 5) is 8.67. The molecule has 2 saturated heterocycles. The number of piperidine rings is 2. The molecule has 2 unspecified atom stereocenters. The van der Waals surface area contributed by atoms with Crippen molar-refractivity contribution in [2.75, 3.05) is 44.3 Å². The molecule has 2 fully saturated rings. The number of halogens is 4. The number of aromatic nitrogens is 6. The Balaban J connectivity index is 0.000000215. The molecule has 0 spiro atoms. The van der Waals surface area contributed by atoms with Gasteiger partial charge in [0.25, 0.3) is 0 Å². The molecule has 6 heterocycles. The van der Waals surface area contributed by atoms with Crippen LogP contribution in [0.4, 0.5) is 11.6 Å². The first kappa shape index (κ1) is 50.5. The van der Waals surface area contributed by atoms with Crippen LogP contribution in [0.15, 0.2) is 73.6 Å². The van der Waals surface area contributed by atoms with Crippen LogP contribution in [-0.4, -0.2) is 68.4 Å². The highest BCUT2D eigenvalue weighted by molar-refractivity contribution is 6.37. The number of anilines is 2. The molecule has 6 aromatic rings. The van der Waals surface area contributed by atoms with Crippen molar-refractivity contribution in [3.05, 3.63) is 105 Å². The van der Waals surface area contributed by atoms with Gasteiger partial charge >= 0.3 is 0 Å². The van der Waals surface area contributed by atoms with Gasteiger partial charge in [0.15, 0.2) is 23.1 Å². The largest absolute Gasteiger partial charge is 0.492 e. The predicted octanol–water partition coefficient (Wildman–Crippen LogP) is 11.6. The van der Waals surface area contributed by atoms with Crippen molar-refractivity contribution < 1.29 is 18.9 Å². The highest BCUT2D eigenvalue weighted by atomic mass is 35.5. The number of ether oxygens (including phenoxy) is 4. The summed E-state index contributed by atoms with van der Waals surface area (Å²) in [6.45, 7) is 14.0. The molecule has 2 aliphatic rings. The van der Waals surface area contributed by atoms with Crippen molar-refractivity contribution in [3.63, 3.8) is 0 Å². The molecule has 0 bridgehead atoms. The SMILES string of the molecule is C.CC(C)Oc1ccc(Cl)c(C(C)Oc2cc(-c3cnn(C4CCNCC4)c3)cnc2N)c1Cl.CCOc1ccc(Cl)c(C(C)Oc2cc(-c3cnn(C4CCNCC4)c3)cnc2N)c1Cl. The molecule has 2 aromatic carbocycles. The van der Waals surface area contributed by atoms with E-state index in [1.165, 1.54) is 0 Å². The normalized spacial score (nSPS) is 15.3. The van der Waals surface area contributed by atoms with Crippen LogP contribution < -0.4 is 41.0 Å². The lowest BCUT2D eigenvalue weighted by atomic mass is 10.1. The number of nitrogens with zero attached hydrogens (tertiary/aromatic N) is 6. The molecule has 354 valence electrons. The standard InChI is InChI=1S/C24H29Cl2N5O2.C23H27Cl2N5O2.CH4/c1-14(2)32-20-5-4-19(25)22(23(20)26)15(3)33-21-10-16(11-29-24(21)27)17-12-30-31(13-17)18-6-8-28-9-7-18;1-3-31-19-5-4-18(24)21(22(19)25)14(2)32-20-10-15(11-28-23(20)26)16-12-29-30(13-16)17-6-8-27-9-7-17;/h4-5,10-15,18,28H,6-9H2,1-3H3,(H2,27,29);4-5,10-14,17,27H,3,6-9H2,1-2H3,(H2,26,28);1H4. The predicted molar refractivity (Wildman–Crippen MR) is 267 cm³/mol. The van der Waals surface area contributed by atoms with E-state index in [9.17, 15) is 0 Å². The van der Waals surface area contributed by atoms with Gasteiger partial charge in [0, 0.05) is 68.2 Å². The highest BCUT2D eigenvalue weighted by Gasteiger charge is 2.24. The van der Waals surface area contributed by atoms with E-state index in [-0.39, 0.29) is 19.3 Å². The molecule has 6 N–H and O–H groups in total. The third-order valence-corrected chi connectivity index (χ3v) is 12.7. The van der Waals surface area contributed by atoms with E-state index in [0.717, 1.165) is 74.1 Å². The van der Waals surface area contributed by atoms with Crippen molar-refractivity contribution >= 4 is 58.0 Å². The Kier molecular flexibility index (Phi) is 17.7. The fourth-order valence-electron chi connectivity index (χ4n) is 7.89. The number of rotatable bonds is 14. The van der Waals surface area contributed by atoms with E-state index in [1.54, 1.807) is 36.7 Å². The quantitative estimate of drug-likeness (QED) is 0.0814. The van der Waals surface area contributed by atoms with Crippen molar-refractivity contribution in [3.8, 4) is 45.3 Å². The van der Waals surface area contributed by atoms with Gasteiger partial charge in [-0.2, -0.15) is 10.2 Å². The van der Waals surface area contributed by atoms with Crippen LogP contribution in [0, 0.1) is 0 Å². The van der Waals surface area contributed by atoms with E-state index < -0.39 is 12.2 Å². The van der Waals surface area contributed by atoms with Gasteiger partial charge in [0.1, 0.15) is 23.7 Å². The molecular formula is C48H60Cl4N10O4. The van der Waals surface area contributed by atoms with Crippen molar-refractivity contribution in [1.82, 2.24) is 40.2 Å². The third-order valence-electron chi connectivity index (χ3n) is 11.3. The molecule has 8 rings (SSSR count). The summed E-state index contributed by atoms with van der Waals surface area (Å²) in [5.41, 5.74) is 17.2. The second-order valence-electron chi connectivity index (χ2n) is 16.3. The molecule has 0 saturated carbocycles. The Morgan fingerprint density at radius 1 is 0.606 bits per heavy atom. The van der Waals surface area contributed by atoms with Crippen LogP contribution in [0.1, 0.15) is 103 Å². The van der Waals surface area contributed by atoms with Crippen LogP contribution in [0.25, 0.3) is 22.3 Å². The summed E-state index contributed by atoms with van der Waals surface area (Å²) >= 11 is 26.0.